The van der Waals surface area contributed by atoms with Gasteiger partial charge in [0.05, 0.1) is 0 Å². The van der Waals surface area contributed by atoms with Crippen molar-refractivity contribution in [1.82, 2.24) is 4.98 Å². The molecule has 1 aromatic heterocycles. The second-order valence-electron chi connectivity index (χ2n) is 8.11. The van der Waals surface area contributed by atoms with E-state index in [0.29, 0.717) is 5.75 Å². The number of hydrogen-bond donors (Lipinski definition) is 0. The van der Waals surface area contributed by atoms with Gasteiger partial charge in [-0.3, -0.25) is 4.79 Å². The molecule has 5 heteroatoms. The Kier molecular flexibility index (Phi) is 5.26. The van der Waals surface area contributed by atoms with Gasteiger partial charge in [-0.1, -0.05) is 30.3 Å². The fourth-order valence-corrected chi connectivity index (χ4v) is 4.54. The molecule has 0 radical (unpaired) electrons. The van der Waals surface area contributed by atoms with Crippen molar-refractivity contribution >= 4 is 28.3 Å². The van der Waals surface area contributed by atoms with Crippen molar-refractivity contribution in [3.05, 3.63) is 60.2 Å². The van der Waals surface area contributed by atoms with Gasteiger partial charge in [-0.25, -0.2) is 4.98 Å². The first-order valence-electron chi connectivity index (χ1n) is 11.0. The lowest BCUT2D eigenvalue weighted by Crippen LogP contribution is -2.38. The number of rotatable bonds is 4. The average Bonchev–Trinajstić information content (AvgIpc) is 2.82. The smallest absolute Gasteiger partial charge is 0.264 e. The first kappa shape index (κ1) is 18.9. The van der Waals surface area contributed by atoms with E-state index in [-0.39, 0.29) is 12.5 Å². The Morgan fingerprint density at radius 2 is 1.77 bits per heavy atom. The van der Waals surface area contributed by atoms with Crippen LogP contribution in [0.4, 0.5) is 11.5 Å². The molecule has 5 nitrogen and oxygen atoms in total. The van der Waals surface area contributed by atoms with E-state index in [9.17, 15) is 4.79 Å². The summed E-state index contributed by atoms with van der Waals surface area (Å²) in [4.78, 5) is 22.1. The van der Waals surface area contributed by atoms with E-state index >= 15 is 0 Å². The van der Waals surface area contributed by atoms with Gasteiger partial charge >= 0.3 is 0 Å². The number of hydrogen-bond acceptors (Lipinski definition) is 4. The van der Waals surface area contributed by atoms with Crippen LogP contribution in [0.25, 0.3) is 10.9 Å². The van der Waals surface area contributed by atoms with Crippen LogP contribution in [0.1, 0.15) is 31.2 Å². The van der Waals surface area contributed by atoms with Gasteiger partial charge in [-0.2, -0.15) is 0 Å². The Bertz CT molecular complexity index is 1060. The zero-order valence-corrected chi connectivity index (χ0v) is 17.2. The van der Waals surface area contributed by atoms with Gasteiger partial charge in [-0.15, -0.1) is 0 Å². The topological polar surface area (TPSA) is 45.7 Å². The van der Waals surface area contributed by atoms with Crippen molar-refractivity contribution in [3.8, 4) is 5.75 Å². The van der Waals surface area contributed by atoms with Gasteiger partial charge in [0.1, 0.15) is 17.1 Å². The number of anilines is 2. The van der Waals surface area contributed by atoms with Crippen LogP contribution in [0.5, 0.6) is 5.75 Å². The Labute approximate surface area is 177 Å². The highest BCUT2D eigenvalue weighted by Crippen LogP contribution is 2.29. The third kappa shape index (κ3) is 3.72. The standard InChI is InChI=1S/C25H27N3O2/c29-24(28-17-7-10-19-8-2-3-11-21(19)28)18-30-22-12-6-9-20-13-14-23(26-25(20)22)27-15-4-1-5-16-27/h2-3,6,8-9,11-14H,1,4-5,7,10,15-18H2. The quantitative estimate of drug-likeness (QED) is 0.642. The minimum absolute atomic E-state index is 0.00802. The predicted molar refractivity (Wildman–Crippen MR) is 120 cm³/mol. The van der Waals surface area contributed by atoms with Crippen molar-refractivity contribution in [2.45, 2.75) is 32.1 Å². The van der Waals surface area contributed by atoms with E-state index < -0.39 is 0 Å². The molecule has 0 N–H and O–H groups in total. The van der Waals surface area contributed by atoms with Gasteiger partial charge in [0.15, 0.2) is 6.61 Å². The van der Waals surface area contributed by atoms with Crippen LogP contribution in [-0.4, -0.2) is 37.1 Å². The summed E-state index contributed by atoms with van der Waals surface area (Å²) in [6.07, 6.45) is 5.72. The molecule has 1 saturated heterocycles. The lowest BCUT2D eigenvalue weighted by atomic mass is 10.0. The third-order valence-electron chi connectivity index (χ3n) is 6.11. The van der Waals surface area contributed by atoms with Crippen molar-refractivity contribution in [3.63, 3.8) is 0 Å². The molecule has 30 heavy (non-hydrogen) atoms. The fraction of sp³-hybridized carbons (Fsp3) is 0.360. The van der Waals surface area contributed by atoms with E-state index in [4.69, 9.17) is 9.72 Å². The Morgan fingerprint density at radius 3 is 2.67 bits per heavy atom. The first-order valence-corrected chi connectivity index (χ1v) is 11.0. The van der Waals surface area contributed by atoms with Crippen molar-refractivity contribution in [2.75, 3.05) is 36.0 Å². The maximum Gasteiger partial charge on any atom is 0.264 e. The summed E-state index contributed by atoms with van der Waals surface area (Å²) in [5, 5.41) is 1.03. The van der Waals surface area contributed by atoms with E-state index in [1.165, 1.54) is 24.8 Å². The van der Waals surface area contributed by atoms with Crippen molar-refractivity contribution in [1.29, 1.82) is 0 Å². The lowest BCUT2D eigenvalue weighted by Gasteiger charge is -2.29. The first-order chi connectivity index (χ1) is 14.8. The second-order valence-corrected chi connectivity index (χ2v) is 8.11. The molecule has 0 unspecified atom stereocenters. The summed E-state index contributed by atoms with van der Waals surface area (Å²) in [7, 11) is 0. The van der Waals surface area contributed by atoms with Crippen LogP contribution >= 0.6 is 0 Å². The average molecular weight is 402 g/mol. The van der Waals surface area contributed by atoms with E-state index in [1.807, 2.05) is 41.3 Å². The number of ether oxygens (including phenoxy) is 1. The molecule has 0 saturated carbocycles. The number of pyridine rings is 1. The molecule has 154 valence electrons. The number of amides is 1. The van der Waals surface area contributed by atoms with E-state index in [0.717, 1.165) is 54.9 Å². The molecule has 2 aliphatic rings. The summed E-state index contributed by atoms with van der Waals surface area (Å²) in [6.45, 7) is 2.86. The Morgan fingerprint density at radius 1 is 0.900 bits per heavy atom. The number of aromatic nitrogens is 1. The van der Waals surface area contributed by atoms with Gasteiger partial charge < -0.3 is 14.5 Å². The highest BCUT2D eigenvalue weighted by atomic mass is 16.5. The van der Waals surface area contributed by atoms with Gasteiger partial charge in [0, 0.05) is 30.7 Å². The SMILES string of the molecule is O=C(COc1cccc2ccc(N3CCCCC3)nc12)N1CCCc2ccccc21. The minimum Gasteiger partial charge on any atom is -0.481 e. The number of nitrogens with zero attached hydrogens (tertiary/aromatic N) is 3. The molecule has 3 aromatic rings. The van der Waals surface area contributed by atoms with E-state index in [2.05, 4.69) is 23.1 Å². The van der Waals surface area contributed by atoms with Crippen LogP contribution in [0.3, 0.4) is 0 Å². The van der Waals surface area contributed by atoms with Crippen LogP contribution in [-0.2, 0) is 11.2 Å². The highest BCUT2D eigenvalue weighted by Gasteiger charge is 2.23. The number of piperidine rings is 1. The van der Waals surface area contributed by atoms with Crippen LogP contribution in [0.15, 0.2) is 54.6 Å². The highest BCUT2D eigenvalue weighted by molar-refractivity contribution is 5.96. The minimum atomic E-state index is -0.00802. The third-order valence-corrected chi connectivity index (χ3v) is 6.11. The molecule has 2 aromatic carbocycles. The molecule has 0 spiro atoms. The summed E-state index contributed by atoms with van der Waals surface area (Å²) < 4.78 is 6.02. The molecule has 5 rings (SSSR count). The maximum atomic E-state index is 13.0. The summed E-state index contributed by atoms with van der Waals surface area (Å²) in [5.74, 6) is 1.66. The second kappa shape index (κ2) is 8.34. The van der Waals surface area contributed by atoms with Crippen LogP contribution < -0.4 is 14.5 Å². The number of benzene rings is 2. The predicted octanol–water partition coefficient (Wildman–Crippen LogP) is 4.58. The molecule has 0 aliphatic carbocycles. The molecule has 3 heterocycles. The van der Waals surface area contributed by atoms with Gasteiger partial charge in [-0.05, 0) is 61.9 Å². The molecule has 0 atom stereocenters. The number of carbonyl (C=O) groups is 1. The van der Waals surface area contributed by atoms with Gasteiger partial charge in [0.25, 0.3) is 5.91 Å². The van der Waals surface area contributed by atoms with E-state index in [1.54, 1.807) is 0 Å². The Balaban J connectivity index is 1.36. The van der Waals surface area contributed by atoms with Crippen LogP contribution in [0, 0.1) is 0 Å². The number of fused-ring (bicyclic) bond motifs is 2. The summed E-state index contributed by atoms with van der Waals surface area (Å²) in [6, 6.07) is 18.2. The number of aryl methyl sites for hydroxylation is 1. The van der Waals surface area contributed by atoms with Crippen LogP contribution in [0.2, 0.25) is 0 Å². The number of para-hydroxylation sites is 2. The van der Waals surface area contributed by atoms with Gasteiger partial charge in [0.2, 0.25) is 0 Å². The van der Waals surface area contributed by atoms with Crippen molar-refractivity contribution in [2.24, 2.45) is 0 Å². The Hall–Kier alpha value is -3.08. The zero-order chi connectivity index (χ0) is 20.3. The monoisotopic (exact) mass is 401 g/mol. The zero-order valence-electron chi connectivity index (χ0n) is 17.2. The lowest BCUT2D eigenvalue weighted by molar-refractivity contribution is -0.120. The molecule has 1 fully saturated rings. The maximum absolute atomic E-state index is 13.0. The normalized spacial score (nSPS) is 16.4. The summed E-state index contributed by atoms with van der Waals surface area (Å²) in [5.41, 5.74) is 3.07. The molecule has 2 aliphatic heterocycles. The largest absolute Gasteiger partial charge is 0.481 e. The molecular formula is C25H27N3O2. The molecule has 1 amide bonds. The fourth-order valence-electron chi connectivity index (χ4n) is 4.54. The summed E-state index contributed by atoms with van der Waals surface area (Å²) >= 11 is 0. The molecule has 0 bridgehead atoms. The molecular weight excluding hydrogens is 374 g/mol. The van der Waals surface area contributed by atoms with Crippen molar-refractivity contribution < 1.29 is 9.53 Å². The number of carbonyl (C=O) groups excluding carboxylic acids is 1.